The lowest BCUT2D eigenvalue weighted by Gasteiger charge is -2.22. The Kier molecular flexibility index (Phi) is 3.49. The molecule has 0 bridgehead atoms. The van der Waals surface area contributed by atoms with Crippen LogP contribution >= 0.6 is 0 Å². The van der Waals surface area contributed by atoms with E-state index in [2.05, 4.69) is 0 Å². The van der Waals surface area contributed by atoms with Crippen molar-refractivity contribution in [1.82, 2.24) is 0 Å². The van der Waals surface area contributed by atoms with Crippen LogP contribution in [0.25, 0.3) is 0 Å². The van der Waals surface area contributed by atoms with Crippen LogP contribution in [0.4, 0.5) is 0 Å². The Hall–Kier alpha value is -1.27. The van der Waals surface area contributed by atoms with Gasteiger partial charge in [0.25, 0.3) is 0 Å². The lowest BCUT2D eigenvalue weighted by atomic mass is 10.1. The summed E-state index contributed by atoms with van der Waals surface area (Å²) in [6.45, 7) is 2.35. The molecule has 1 aromatic rings. The fraction of sp³-hybridized carbons (Fsp3) is 0.500. The van der Waals surface area contributed by atoms with Gasteiger partial charge in [-0.3, -0.25) is 0 Å². The van der Waals surface area contributed by atoms with Crippen LogP contribution in [0.15, 0.2) is 17.0 Å². The minimum absolute atomic E-state index is 0.126. The fourth-order valence-corrected chi connectivity index (χ4v) is 3.14. The molecule has 18 heavy (non-hydrogen) atoms. The molecule has 6 heteroatoms. The molecule has 5 nitrogen and oxygen atoms in total. The van der Waals surface area contributed by atoms with Gasteiger partial charge in [-0.05, 0) is 25.0 Å². The number of aliphatic hydroxyl groups excluding tert-OH is 1. The predicted octanol–water partition coefficient (Wildman–Crippen LogP) is 0.785. The lowest BCUT2D eigenvalue weighted by Crippen LogP contribution is -2.19. The van der Waals surface area contributed by atoms with Gasteiger partial charge in [-0.25, -0.2) is 8.42 Å². The summed E-state index contributed by atoms with van der Waals surface area (Å²) in [6.07, 6.45) is 0.776. The lowest BCUT2D eigenvalue weighted by molar-refractivity contribution is 0.165. The van der Waals surface area contributed by atoms with E-state index in [9.17, 15) is 13.5 Å². The van der Waals surface area contributed by atoms with Gasteiger partial charge in [-0.15, -0.1) is 0 Å². The van der Waals surface area contributed by atoms with Crippen LogP contribution in [0.5, 0.6) is 11.5 Å². The van der Waals surface area contributed by atoms with Gasteiger partial charge in [0.1, 0.15) is 18.1 Å². The Morgan fingerprint density at radius 2 is 2.00 bits per heavy atom. The molecular weight excluding hydrogens is 256 g/mol. The highest BCUT2D eigenvalue weighted by molar-refractivity contribution is 7.90. The molecule has 0 aliphatic carbocycles. The molecule has 0 saturated heterocycles. The second kappa shape index (κ2) is 4.78. The van der Waals surface area contributed by atoms with Crippen molar-refractivity contribution < 1.29 is 23.0 Å². The van der Waals surface area contributed by atoms with E-state index in [-0.39, 0.29) is 17.1 Å². The summed E-state index contributed by atoms with van der Waals surface area (Å²) < 4.78 is 34.6. The van der Waals surface area contributed by atoms with Gasteiger partial charge >= 0.3 is 0 Å². The van der Waals surface area contributed by atoms with Crippen molar-refractivity contribution in [3.63, 3.8) is 0 Å². The number of sulfone groups is 1. The quantitative estimate of drug-likeness (QED) is 0.880. The minimum Gasteiger partial charge on any atom is -0.486 e. The van der Waals surface area contributed by atoms with E-state index in [4.69, 9.17) is 9.47 Å². The highest BCUT2D eigenvalue weighted by atomic mass is 32.2. The normalized spacial score (nSPS) is 16.4. The summed E-state index contributed by atoms with van der Waals surface area (Å²) in [6, 6.07) is 3.34. The van der Waals surface area contributed by atoms with Gasteiger partial charge in [-0.1, -0.05) is 6.07 Å². The van der Waals surface area contributed by atoms with Crippen LogP contribution in [0.3, 0.4) is 0 Å². The van der Waals surface area contributed by atoms with Crippen molar-refractivity contribution in [3.8, 4) is 11.5 Å². The Balaban J connectivity index is 2.61. The van der Waals surface area contributed by atoms with E-state index < -0.39 is 15.9 Å². The third kappa shape index (κ3) is 2.59. The van der Waals surface area contributed by atoms with Crippen LogP contribution in [-0.4, -0.2) is 39.1 Å². The van der Waals surface area contributed by atoms with Crippen molar-refractivity contribution in [2.24, 2.45) is 0 Å². The van der Waals surface area contributed by atoms with Gasteiger partial charge in [0.05, 0.1) is 6.10 Å². The number of rotatable bonds is 3. The number of benzene rings is 1. The maximum absolute atomic E-state index is 11.9. The molecule has 0 amide bonds. The molecule has 2 rings (SSSR count). The first kappa shape index (κ1) is 13.2. The van der Waals surface area contributed by atoms with Crippen molar-refractivity contribution in [1.29, 1.82) is 0 Å². The van der Waals surface area contributed by atoms with Gasteiger partial charge in [-0.2, -0.15) is 0 Å². The molecule has 0 spiro atoms. The van der Waals surface area contributed by atoms with Crippen LogP contribution < -0.4 is 9.47 Å². The molecule has 1 N–H and O–H groups in total. The number of hydrogen-bond donors (Lipinski definition) is 1. The molecule has 0 radical (unpaired) electrons. The summed E-state index contributed by atoms with van der Waals surface area (Å²) in [5.41, 5.74) is 0.553. The van der Waals surface area contributed by atoms with Crippen molar-refractivity contribution >= 4 is 9.84 Å². The van der Waals surface area contributed by atoms with E-state index in [0.717, 1.165) is 6.26 Å². The van der Waals surface area contributed by atoms with E-state index in [0.29, 0.717) is 24.5 Å². The van der Waals surface area contributed by atoms with Crippen molar-refractivity contribution in [2.75, 3.05) is 19.5 Å². The summed E-state index contributed by atoms with van der Waals surface area (Å²) in [5.74, 6) is 0.706. The molecule has 1 heterocycles. The summed E-state index contributed by atoms with van der Waals surface area (Å²) in [5, 5.41) is 9.43. The topological polar surface area (TPSA) is 72.8 Å². The van der Waals surface area contributed by atoms with Crippen molar-refractivity contribution in [2.45, 2.75) is 24.3 Å². The van der Waals surface area contributed by atoms with Crippen LogP contribution in [0, 0.1) is 0 Å². The maximum Gasteiger partial charge on any atom is 0.180 e. The standard InChI is InChI=1S/C12H16O5S/c1-8(13)7-9-3-4-10-11(17-6-5-16-10)12(9)18(2,14)15/h3-4,8,13H,5-7H2,1-2H3. The maximum atomic E-state index is 11.9. The van der Waals surface area contributed by atoms with Crippen LogP contribution in [-0.2, 0) is 16.3 Å². The molecule has 1 aliphatic heterocycles. The number of hydrogen-bond acceptors (Lipinski definition) is 5. The number of fused-ring (bicyclic) bond motifs is 1. The van der Waals surface area contributed by atoms with Crippen molar-refractivity contribution in [3.05, 3.63) is 17.7 Å². The first-order chi connectivity index (χ1) is 8.39. The summed E-state index contributed by atoms with van der Waals surface area (Å²) in [4.78, 5) is 0.126. The molecule has 1 aromatic carbocycles. The molecule has 1 unspecified atom stereocenters. The Morgan fingerprint density at radius 1 is 1.33 bits per heavy atom. The minimum atomic E-state index is -3.44. The van der Waals surface area contributed by atoms with Gasteiger partial charge in [0, 0.05) is 6.26 Å². The Bertz CT molecular complexity index is 548. The average molecular weight is 272 g/mol. The van der Waals surface area contributed by atoms with E-state index in [1.807, 2.05) is 0 Å². The largest absolute Gasteiger partial charge is 0.486 e. The van der Waals surface area contributed by atoms with E-state index in [1.165, 1.54) is 0 Å². The Morgan fingerprint density at radius 3 is 2.61 bits per heavy atom. The molecule has 0 saturated carbocycles. The average Bonchev–Trinajstić information content (AvgIpc) is 2.26. The zero-order valence-corrected chi connectivity index (χ0v) is 11.2. The highest BCUT2D eigenvalue weighted by Gasteiger charge is 2.26. The second-order valence-corrected chi connectivity index (χ2v) is 6.36. The summed E-state index contributed by atoms with van der Waals surface area (Å²) in [7, 11) is -3.44. The fourth-order valence-electron chi connectivity index (χ4n) is 2.02. The van der Waals surface area contributed by atoms with Gasteiger partial charge in [0.2, 0.25) is 0 Å². The smallest absolute Gasteiger partial charge is 0.180 e. The third-order valence-electron chi connectivity index (χ3n) is 2.63. The predicted molar refractivity (Wildman–Crippen MR) is 65.9 cm³/mol. The molecule has 100 valence electrons. The monoisotopic (exact) mass is 272 g/mol. The summed E-state index contributed by atoms with van der Waals surface area (Å²) >= 11 is 0. The zero-order valence-electron chi connectivity index (χ0n) is 10.3. The first-order valence-corrected chi connectivity index (χ1v) is 7.58. The van der Waals surface area contributed by atoms with Gasteiger partial charge in [0.15, 0.2) is 21.3 Å². The van der Waals surface area contributed by atoms with Crippen LogP contribution in [0.2, 0.25) is 0 Å². The SMILES string of the molecule is CC(O)Cc1ccc2c(c1S(C)(=O)=O)OCCO2. The second-order valence-electron chi connectivity index (χ2n) is 4.40. The Labute approximate surface area is 106 Å². The zero-order chi connectivity index (χ0) is 13.3. The first-order valence-electron chi connectivity index (χ1n) is 5.69. The molecule has 0 fully saturated rings. The molecule has 0 aromatic heterocycles. The number of aliphatic hydroxyl groups is 1. The molecular formula is C12H16O5S. The van der Waals surface area contributed by atoms with E-state index in [1.54, 1.807) is 19.1 Å². The van der Waals surface area contributed by atoms with Crippen LogP contribution in [0.1, 0.15) is 12.5 Å². The molecule has 1 aliphatic rings. The highest BCUT2D eigenvalue weighted by Crippen LogP contribution is 2.39. The molecule has 1 atom stereocenters. The van der Waals surface area contributed by atoms with Gasteiger partial charge < -0.3 is 14.6 Å². The third-order valence-corrected chi connectivity index (χ3v) is 3.82. The van der Waals surface area contributed by atoms with E-state index >= 15 is 0 Å². The number of ether oxygens (including phenoxy) is 2.